The standard InChI is InChI=1S/C13H18BrNS/c14-12-8-11(9-16-12)13(15)10-6-4-2-1-3-5-7-10/h6,8-9,13H,1-5,7,15H2. The van der Waals surface area contributed by atoms with Crippen LogP contribution in [0.15, 0.2) is 26.9 Å². The van der Waals surface area contributed by atoms with Gasteiger partial charge in [-0.1, -0.05) is 24.5 Å². The highest BCUT2D eigenvalue weighted by molar-refractivity contribution is 9.11. The molecule has 0 bridgehead atoms. The molecule has 1 unspecified atom stereocenters. The molecule has 2 N–H and O–H groups in total. The highest BCUT2D eigenvalue weighted by atomic mass is 79.9. The molecule has 88 valence electrons. The predicted molar refractivity (Wildman–Crippen MR) is 74.7 cm³/mol. The molecule has 1 atom stereocenters. The van der Waals surface area contributed by atoms with Crippen LogP contribution in [-0.4, -0.2) is 0 Å². The second-order valence-electron chi connectivity index (χ2n) is 4.39. The summed E-state index contributed by atoms with van der Waals surface area (Å²) in [4.78, 5) is 0. The van der Waals surface area contributed by atoms with E-state index >= 15 is 0 Å². The van der Waals surface area contributed by atoms with Gasteiger partial charge in [0.2, 0.25) is 0 Å². The quantitative estimate of drug-likeness (QED) is 0.781. The first-order valence-corrected chi connectivity index (χ1v) is 7.63. The summed E-state index contributed by atoms with van der Waals surface area (Å²) in [6.45, 7) is 0. The van der Waals surface area contributed by atoms with Crippen LogP contribution in [0.1, 0.15) is 50.1 Å². The van der Waals surface area contributed by atoms with E-state index < -0.39 is 0 Å². The van der Waals surface area contributed by atoms with Crippen LogP contribution in [0, 0.1) is 0 Å². The summed E-state index contributed by atoms with van der Waals surface area (Å²) in [5.74, 6) is 0. The van der Waals surface area contributed by atoms with Gasteiger partial charge in [0.25, 0.3) is 0 Å². The van der Waals surface area contributed by atoms with Crippen molar-refractivity contribution in [2.75, 3.05) is 0 Å². The van der Waals surface area contributed by atoms with E-state index in [0.717, 1.165) is 0 Å². The molecule has 0 radical (unpaired) electrons. The second-order valence-corrected chi connectivity index (χ2v) is 6.68. The van der Waals surface area contributed by atoms with Crippen LogP contribution in [0.4, 0.5) is 0 Å². The van der Waals surface area contributed by atoms with Crippen molar-refractivity contribution >= 4 is 27.3 Å². The molecule has 16 heavy (non-hydrogen) atoms. The van der Waals surface area contributed by atoms with Crippen molar-refractivity contribution in [1.82, 2.24) is 0 Å². The summed E-state index contributed by atoms with van der Waals surface area (Å²) in [6, 6.07) is 2.26. The van der Waals surface area contributed by atoms with Crippen LogP contribution in [0.2, 0.25) is 0 Å². The number of hydrogen-bond acceptors (Lipinski definition) is 2. The van der Waals surface area contributed by atoms with E-state index in [-0.39, 0.29) is 6.04 Å². The van der Waals surface area contributed by atoms with E-state index in [9.17, 15) is 0 Å². The Balaban J connectivity index is 2.09. The molecule has 0 aromatic carbocycles. The van der Waals surface area contributed by atoms with Crippen molar-refractivity contribution in [2.24, 2.45) is 5.73 Å². The van der Waals surface area contributed by atoms with Gasteiger partial charge in [0, 0.05) is 0 Å². The smallest absolute Gasteiger partial charge is 0.0701 e. The first-order valence-electron chi connectivity index (χ1n) is 5.96. The van der Waals surface area contributed by atoms with Crippen molar-refractivity contribution in [3.63, 3.8) is 0 Å². The third-order valence-corrected chi connectivity index (χ3v) is 4.70. The summed E-state index contributed by atoms with van der Waals surface area (Å²) in [5, 5.41) is 2.16. The summed E-state index contributed by atoms with van der Waals surface area (Å²) in [7, 11) is 0. The van der Waals surface area contributed by atoms with Crippen LogP contribution >= 0.6 is 27.3 Å². The lowest BCUT2D eigenvalue weighted by Gasteiger charge is -2.17. The Bertz CT molecular complexity index is 370. The molecular weight excluding hydrogens is 282 g/mol. The Hall–Kier alpha value is -0.120. The average Bonchev–Trinajstić information content (AvgIpc) is 2.63. The number of rotatable bonds is 2. The van der Waals surface area contributed by atoms with Crippen molar-refractivity contribution in [3.05, 3.63) is 32.4 Å². The summed E-state index contributed by atoms with van der Waals surface area (Å²) < 4.78 is 1.17. The zero-order valence-corrected chi connectivity index (χ0v) is 11.8. The molecule has 0 fully saturated rings. The van der Waals surface area contributed by atoms with Crippen molar-refractivity contribution in [2.45, 2.75) is 44.6 Å². The van der Waals surface area contributed by atoms with E-state index in [1.165, 1.54) is 53.4 Å². The maximum Gasteiger partial charge on any atom is 0.0701 e. The molecular formula is C13H18BrNS. The van der Waals surface area contributed by atoms with Crippen LogP contribution in [-0.2, 0) is 0 Å². The van der Waals surface area contributed by atoms with E-state index in [4.69, 9.17) is 5.73 Å². The number of hydrogen-bond donors (Lipinski definition) is 1. The van der Waals surface area contributed by atoms with Crippen LogP contribution < -0.4 is 5.73 Å². The first-order chi connectivity index (χ1) is 7.77. The summed E-state index contributed by atoms with van der Waals surface area (Å²) in [6.07, 6.45) is 10.1. The SMILES string of the molecule is NC(C1=CCCCCCC1)c1csc(Br)c1. The van der Waals surface area contributed by atoms with E-state index in [1.54, 1.807) is 11.3 Å². The number of thiophene rings is 1. The molecule has 0 aliphatic heterocycles. The predicted octanol–water partition coefficient (Wildman–Crippen LogP) is 4.79. The number of allylic oxidation sites excluding steroid dienone is 1. The normalized spacial score (nSPS) is 19.8. The zero-order chi connectivity index (χ0) is 11.4. The largest absolute Gasteiger partial charge is 0.321 e. The minimum absolute atomic E-state index is 0.112. The number of nitrogens with two attached hydrogens (primary N) is 1. The molecule has 0 spiro atoms. The minimum atomic E-state index is 0.112. The Morgan fingerprint density at radius 2 is 2.06 bits per heavy atom. The highest BCUT2D eigenvalue weighted by Gasteiger charge is 2.14. The van der Waals surface area contributed by atoms with Gasteiger partial charge < -0.3 is 5.73 Å². The topological polar surface area (TPSA) is 26.0 Å². The molecule has 0 saturated heterocycles. The van der Waals surface area contributed by atoms with Gasteiger partial charge in [0.1, 0.15) is 0 Å². The third-order valence-electron chi connectivity index (χ3n) is 3.17. The van der Waals surface area contributed by atoms with Gasteiger partial charge in [-0.3, -0.25) is 0 Å². The van der Waals surface area contributed by atoms with Crippen LogP contribution in [0.5, 0.6) is 0 Å². The fraction of sp³-hybridized carbons (Fsp3) is 0.538. The van der Waals surface area contributed by atoms with E-state index in [1.807, 2.05) is 0 Å². The van der Waals surface area contributed by atoms with Gasteiger partial charge >= 0.3 is 0 Å². The van der Waals surface area contributed by atoms with Gasteiger partial charge in [-0.2, -0.15) is 0 Å². The van der Waals surface area contributed by atoms with Gasteiger partial charge in [0.15, 0.2) is 0 Å². The molecule has 3 heteroatoms. The lowest BCUT2D eigenvalue weighted by Crippen LogP contribution is -2.13. The first kappa shape index (κ1) is 12.3. The molecule has 1 aromatic rings. The molecule has 1 nitrogen and oxygen atoms in total. The van der Waals surface area contributed by atoms with Crippen molar-refractivity contribution < 1.29 is 0 Å². The van der Waals surface area contributed by atoms with Gasteiger partial charge in [0.05, 0.1) is 9.83 Å². The lowest BCUT2D eigenvalue weighted by molar-refractivity contribution is 0.603. The molecule has 1 aromatic heterocycles. The average molecular weight is 300 g/mol. The lowest BCUT2D eigenvalue weighted by atomic mass is 9.93. The number of halogens is 1. The maximum atomic E-state index is 6.32. The molecule has 2 rings (SSSR count). The second kappa shape index (κ2) is 5.99. The van der Waals surface area contributed by atoms with Gasteiger partial charge in [-0.25, -0.2) is 0 Å². The Kier molecular flexibility index (Phi) is 4.62. The van der Waals surface area contributed by atoms with Crippen LogP contribution in [0.25, 0.3) is 0 Å². The van der Waals surface area contributed by atoms with Crippen LogP contribution in [0.3, 0.4) is 0 Å². The molecule has 1 aliphatic rings. The van der Waals surface area contributed by atoms with Gasteiger partial charge in [-0.15, -0.1) is 11.3 Å². The fourth-order valence-electron chi connectivity index (χ4n) is 2.20. The molecule has 1 heterocycles. The Labute approximate surface area is 110 Å². The fourth-order valence-corrected chi connectivity index (χ4v) is 3.41. The molecule has 1 aliphatic carbocycles. The van der Waals surface area contributed by atoms with E-state index in [0.29, 0.717) is 0 Å². The molecule has 0 saturated carbocycles. The highest BCUT2D eigenvalue weighted by Crippen LogP contribution is 2.31. The Morgan fingerprint density at radius 3 is 2.81 bits per heavy atom. The molecule has 0 amide bonds. The Morgan fingerprint density at radius 1 is 1.25 bits per heavy atom. The summed E-state index contributed by atoms with van der Waals surface area (Å²) in [5.41, 5.74) is 9.01. The zero-order valence-electron chi connectivity index (χ0n) is 9.42. The maximum absolute atomic E-state index is 6.32. The van der Waals surface area contributed by atoms with Crippen molar-refractivity contribution in [1.29, 1.82) is 0 Å². The minimum Gasteiger partial charge on any atom is -0.321 e. The monoisotopic (exact) mass is 299 g/mol. The van der Waals surface area contributed by atoms with E-state index in [2.05, 4.69) is 33.5 Å². The summed E-state index contributed by atoms with van der Waals surface area (Å²) >= 11 is 5.21. The third kappa shape index (κ3) is 3.19. The van der Waals surface area contributed by atoms with Gasteiger partial charge in [-0.05, 0) is 58.6 Å². The van der Waals surface area contributed by atoms with Crippen molar-refractivity contribution in [3.8, 4) is 0 Å².